The number of carbonyl (C=O) groups is 4. The predicted octanol–water partition coefficient (Wildman–Crippen LogP) is 5.23. The van der Waals surface area contributed by atoms with Crippen molar-refractivity contribution in [2.75, 3.05) is 23.9 Å². The number of ether oxygens (including phenoxy) is 2. The molecule has 0 radical (unpaired) electrons. The molecule has 0 N–H and O–H groups in total. The highest BCUT2D eigenvalue weighted by Gasteiger charge is 2.33. The molecule has 0 saturated heterocycles. The molecule has 0 heterocycles. The fourth-order valence-electron chi connectivity index (χ4n) is 3.44. The van der Waals surface area contributed by atoms with E-state index in [2.05, 4.69) is 0 Å². The van der Waals surface area contributed by atoms with Crippen molar-refractivity contribution in [3.63, 3.8) is 0 Å². The lowest BCUT2D eigenvalue weighted by molar-refractivity contribution is -0.140. The zero-order valence-electron chi connectivity index (χ0n) is 19.6. The van der Waals surface area contributed by atoms with E-state index in [1.165, 1.54) is 6.07 Å². The van der Waals surface area contributed by atoms with E-state index in [-0.39, 0.29) is 53.7 Å². The molecule has 0 spiro atoms. The number of rotatable bonds is 10. The minimum Gasteiger partial charge on any atom is -0.465 e. The van der Waals surface area contributed by atoms with Crippen molar-refractivity contribution >= 4 is 52.8 Å². The number of hydrogen-bond acceptors (Lipinski definition) is 7. The van der Waals surface area contributed by atoms with Crippen molar-refractivity contribution in [3.05, 3.63) is 34.1 Å². The molecule has 2 rings (SSSR count). The van der Waals surface area contributed by atoms with Gasteiger partial charge < -0.3 is 9.47 Å². The van der Waals surface area contributed by atoms with Crippen LogP contribution >= 0.6 is 23.4 Å². The van der Waals surface area contributed by atoms with Gasteiger partial charge in [-0.05, 0) is 51.2 Å². The van der Waals surface area contributed by atoms with Crippen LogP contribution in [0.25, 0.3) is 0 Å². The van der Waals surface area contributed by atoms with Crippen LogP contribution in [0.1, 0.15) is 59.3 Å². The zero-order chi connectivity index (χ0) is 25.3. The molecular formula is C24H29ClFNO6S. The molecule has 0 fully saturated rings. The zero-order valence-corrected chi connectivity index (χ0v) is 21.2. The van der Waals surface area contributed by atoms with Crippen LogP contribution in [0.2, 0.25) is 5.02 Å². The number of anilines is 1. The monoisotopic (exact) mass is 513 g/mol. The van der Waals surface area contributed by atoms with Crippen molar-refractivity contribution in [2.24, 2.45) is 0 Å². The molecule has 0 aliphatic heterocycles. The normalized spacial score (nSPS) is 13.4. The molecule has 2 amide bonds. The number of imide groups is 1. The van der Waals surface area contributed by atoms with Crippen LogP contribution in [0.3, 0.4) is 0 Å². The first-order chi connectivity index (χ1) is 16.2. The molecule has 34 heavy (non-hydrogen) atoms. The van der Waals surface area contributed by atoms with Crippen molar-refractivity contribution in [2.45, 2.75) is 64.2 Å². The van der Waals surface area contributed by atoms with Crippen molar-refractivity contribution < 1.29 is 33.0 Å². The second kappa shape index (κ2) is 13.5. The Morgan fingerprint density at radius 2 is 1.74 bits per heavy atom. The number of amides is 2. The fraction of sp³-hybridized carbons (Fsp3) is 0.500. The molecule has 0 saturated carbocycles. The third-order valence-electron chi connectivity index (χ3n) is 5.06. The van der Waals surface area contributed by atoms with Gasteiger partial charge >= 0.3 is 11.9 Å². The van der Waals surface area contributed by atoms with E-state index in [1.54, 1.807) is 13.8 Å². The number of benzene rings is 1. The summed E-state index contributed by atoms with van der Waals surface area (Å²) in [5.74, 6) is -3.39. The van der Waals surface area contributed by atoms with Crippen LogP contribution in [0.4, 0.5) is 10.1 Å². The highest BCUT2D eigenvalue weighted by molar-refractivity contribution is 8.00. The van der Waals surface area contributed by atoms with E-state index in [0.29, 0.717) is 30.6 Å². The molecular weight excluding hydrogens is 485 g/mol. The van der Waals surface area contributed by atoms with Crippen molar-refractivity contribution in [3.8, 4) is 0 Å². The first kappa shape index (κ1) is 27.9. The van der Waals surface area contributed by atoms with Gasteiger partial charge in [-0.2, -0.15) is 0 Å². The molecule has 0 unspecified atom stereocenters. The van der Waals surface area contributed by atoms with E-state index < -0.39 is 29.6 Å². The third kappa shape index (κ3) is 7.06. The lowest BCUT2D eigenvalue weighted by atomic mass is 9.90. The van der Waals surface area contributed by atoms with E-state index >= 15 is 4.39 Å². The van der Waals surface area contributed by atoms with E-state index in [9.17, 15) is 19.2 Å². The van der Waals surface area contributed by atoms with Gasteiger partial charge in [-0.1, -0.05) is 25.4 Å². The number of hydrogen-bond donors (Lipinski definition) is 0. The van der Waals surface area contributed by atoms with Crippen LogP contribution in [0.5, 0.6) is 0 Å². The average molecular weight is 514 g/mol. The SMILES string of the molecule is CCCOC(=O)C1=C(C(=O)N(C(=O)CC)c2cc(SCC(=O)OCC)c(Cl)cc2F)CCCC1. The Bertz CT molecular complexity index is 980. The summed E-state index contributed by atoms with van der Waals surface area (Å²) in [7, 11) is 0. The Morgan fingerprint density at radius 3 is 2.35 bits per heavy atom. The third-order valence-corrected chi connectivity index (χ3v) is 6.51. The first-order valence-electron chi connectivity index (χ1n) is 11.3. The molecule has 186 valence electrons. The maximum absolute atomic E-state index is 15.0. The molecule has 1 aliphatic rings. The molecule has 1 aliphatic carbocycles. The minimum atomic E-state index is -0.868. The minimum absolute atomic E-state index is 0.0348. The Kier molecular flexibility index (Phi) is 11.0. The first-order valence-corrected chi connectivity index (χ1v) is 12.6. The van der Waals surface area contributed by atoms with Gasteiger partial charge in [0.1, 0.15) is 5.82 Å². The maximum atomic E-state index is 15.0. The molecule has 1 aromatic rings. The lowest BCUT2D eigenvalue weighted by Crippen LogP contribution is -2.39. The van der Waals surface area contributed by atoms with Gasteiger partial charge in [0.2, 0.25) is 5.91 Å². The summed E-state index contributed by atoms with van der Waals surface area (Å²) >= 11 is 7.16. The predicted molar refractivity (Wildman–Crippen MR) is 128 cm³/mol. The summed E-state index contributed by atoms with van der Waals surface area (Å²) in [6.07, 6.45) is 2.56. The molecule has 0 atom stereocenters. The van der Waals surface area contributed by atoms with Crippen LogP contribution in [-0.4, -0.2) is 42.7 Å². The van der Waals surface area contributed by atoms with E-state index in [0.717, 1.165) is 22.7 Å². The molecule has 0 aromatic heterocycles. The van der Waals surface area contributed by atoms with Gasteiger partial charge in [0.05, 0.1) is 29.7 Å². The summed E-state index contributed by atoms with van der Waals surface area (Å²) < 4.78 is 25.1. The quantitative estimate of drug-likeness (QED) is 0.312. The highest BCUT2D eigenvalue weighted by atomic mass is 35.5. The number of nitrogens with zero attached hydrogens (tertiary/aromatic N) is 1. The van der Waals surface area contributed by atoms with Crippen LogP contribution in [0.15, 0.2) is 28.2 Å². The number of thioether (sulfide) groups is 1. The standard InChI is InChI=1S/C24H29ClFNO6S/c1-4-11-33-24(31)16-10-8-7-9-15(16)23(30)27(21(28)5-2)19-13-20(17(25)12-18(19)26)34-14-22(29)32-6-3/h12-13H,4-11,14H2,1-3H3. The van der Waals surface area contributed by atoms with E-state index in [4.69, 9.17) is 21.1 Å². The Labute approximate surface area is 208 Å². The summed E-state index contributed by atoms with van der Waals surface area (Å²) in [4.78, 5) is 51.7. The molecule has 1 aromatic carbocycles. The number of halogens is 2. The average Bonchev–Trinajstić information content (AvgIpc) is 2.83. The van der Waals surface area contributed by atoms with Gasteiger partial charge in [-0.25, -0.2) is 14.1 Å². The Hall–Kier alpha value is -2.39. The van der Waals surface area contributed by atoms with Crippen LogP contribution < -0.4 is 4.90 Å². The number of esters is 2. The van der Waals surface area contributed by atoms with Gasteiger partial charge in [-0.15, -0.1) is 11.8 Å². The topological polar surface area (TPSA) is 90.0 Å². The second-order valence-electron chi connectivity index (χ2n) is 7.52. The Balaban J connectivity index is 2.49. The van der Waals surface area contributed by atoms with Crippen molar-refractivity contribution in [1.82, 2.24) is 0 Å². The van der Waals surface area contributed by atoms with Crippen molar-refractivity contribution in [1.29, 1.82) is 0 Å². The lowest BCUT2D eigenvalue weighted by Gasteiger charge is -2.26. The van der Waals surface area contributed by atoms with Gasteiger partial charge in [0.15, 0.2) is 0 Å². The highest BCUT2D eigenvalue weighted by Crippen LogP contribution is 2.36. The fourth-order valence-corrected chi connectivity index (χ4v) is 4.50. The van der Waals surface area contributed by atoms with Gasteiger partial charge in [0.25, 0.3) is 5.91 Å². The Morgan fingerprint density at radius 1 is 1.06 bits per heavy atom. The smallest absolute Gasteiger partial charge is 0.334 e. The molecule has 7 nitrogen and oxygen atoms in total. The maximum Gasteiger partial charge on any atom is 0.334 e. The summed E-state index contributed by atoms with van der Waals surface area (Å²) in [5, 5.41) is 0.0348. The summed E-state index contributed by atoms with van der Waals surface area (Å²) in [5.41, 5.74) is 0.0982. The summed E-state index contributed by atoms with van der Waals surface area (Å²) in [6, 6.07) is 2.27. The number of carbonyl (C=O) groups excluding carboxylic acids is 4. The molecule has 0 bridgehead atoms. The molecule has 10 heteroatoms. The second-order valence-corrected chi connectivity index (χ2v) is 8.94. The van der Waals surface area contributed by atoms with Gasteiger partial charge in [0, 0.05) is 22.5 Å². The van der Waals surface area contributed by atoms with Crippen LogP contribution in [0, 0.1) is 5.82 Å². The summed E-state index contributed by atoms with van der Waals surface area (Å²) in [6.45, 7) is 5.52. The van der Waals surface area contributed by atoms with Crippen LogP contribution in [-0.2, 0) is 28.7 Å². The van der Waals surface area contributed by atoms with Gasteiger partial charge in [-0.3, -0.25) is 14.4 Å². The van der Waals surface area contributed by atoms with E-state index in [1.807, 2.05) is 6.92 Å². The largest absolute Gasteiger partial charge is 0.465 e.